The molecule has 0 amide bonds. The number of nitrogens with two attached hydrogens (primary N) is 1. The van der Waals surface area contributed by atoms with Gasteiger partial charge in [0.1, 0.15) is 15.9 Å². The Balaban J connectivity index is 2.02. The van der Waals surface area contributed by atoms with Crippen LogP contribution in [0.25, 0.3) is 0 Å². The van der Waals surface area contributed by atoms with Crippen LogP contribution in [0.1, 0.15) is 24.1 Å². The molecule has 0 bridgehead atoms. The molecule has 1 aromatic rings. The minimum atomic E-state index is 0.386. The fourth-order valence-electron chi connectivity index (χ4n) is 2.11. The van der Waals surface area contributed by atoms with Gasteiger partial charge in [-0.15, -0.1) is 23.1 Å². The highest BCUT2D eigenvalue weighted by molar-refractivity contribution is 7.99. The Morgan fingerprint density at radius 2 is 2.32 bits per heavy atom. The molecule has 19 heavy (non-hydrogen) atoms. The van der Waals surface area contributed by atoms with Gasteiger partial charge in [0, 0.05) is 20.3 Å². The van der Waals surface area contributed by atoms with Crippen molar-refractivity contribution in [1.29, 1.82) is 5.26 Å². The first-order valence-electron chi connectivity index (χ1n) is 6.25. The van der Waals surface area contributed by atoms with E-state index in [1.807, 2.05) is 6.26 Å². The summed E-state index contributed by atoms with van der Waals surface area (Å²) in [7, 11) is 1.74. The molecule has 1 fully saturated rings. The van der Waals surface area contributed by atoms with Gasteiger partial charge >= 0.3 is 0 Å². The number of hydrogen-bond acceptors (Lipinski definition) is 6. The number of methoxy groups -OCH3 is 1. The van der Waals surface area contributed by atoms with Gasteiger partial charge < -0.3 is 15.8 Å². The standard InChI is InChI=1S/C13H19N3OS2/c1-17-6-5-13(3-4-13)8-16-12-11(18-2)10(15)9(7-14)19-12/h16H,3-6,8,15H2,1-2H3. The van der Waals surface area contributed by atoms with Crippen molar-refractivity contribution in [2.45, 2.75) is 24.2 Å². The number of thiophene rings is 1. The van der Waals surface area contributed by atoms with E-state index < -0.39 is 0 Å². The van der Waals surface area contributed by atoms with Crippen LogP contribution < -0.4 is 11.1 Å². The molecule has 0 spiro atoms. The lowest BCUT2D eigenvalue weighted by molar-refractivity contribution is 0.175. The van der Waals surface area contributed by atoms with Crippen LogP contribution in [0.4, 0.5) is 10.7 Å². The summed E-state index contributed by atoms with van der Waals surface area (Å²) in [6.45, 7) is 1.75. The zero-order valence-corrected chi connectivity index (χ0v) is 12.9. The van der Waals surface area contributed by atoms with Crippen LogP contribution in [0, 0.1) is 16.7 Å². The topological polar surface area (TPSA) is 71.1 Å². The molecular weight excluding hydrogens is 278 g/mol. The minimum absolute atomic E-state index is 0.386. The Labute approximate surface area is 122 Å². The van der Waals surface area contributed by atoms with E-state index in [1.165, 1.54) is 24.2 Å². The van der Waals surface area contributed by atoms with E-state index in [1.54, 1.807) is 18.9 Å². The maximum atomic E-state index is 9.04. The largest absolute Gasteiger partial charge is 0.396 e. The van der Waals surface area contributed by atoms with Gasteiger partial charge in [-0.05, 0) is 30.9 Å². The normalized spacial score (nSPS) is 16.1. The molecule has 0 aromatic carbocycles. The van der Waals surface area contributed by atoms with E-state index in [0.717, 1.165) is 29.5 Å². The summed E-state index contributed by atoms with van der Waals surface area (Å²) in [4.78, 5) is 1.61. The SMILES string of the molecule is COCCC1(CNc2sc(C#N)c(N)c2SC)CC1. The van der Waals surface area contributed by atoms with Crippen molar-refractivity contribution in [3.63, 3.8) is 0 Å². The predicted octanol–water partition coefficient (Wildman–Crippen LogP) is 3.15. The highest BCUT2D eigenvalue weighted by Crippen LogP contribution is 2.50. The van der Waals surface area contributed by atoms with Gasteiger partial charge in [-0.1, -0.05) is 0 Å². The molecule has 4 nitrogen and oxygen atoms in total. The van der Waals surface area contributed by atoms with Gasteiger partial charge in [0.25, 0.3) is 0 Å². The highest BCUT2D eigenvalue weighted by Gasteiger charge is 2.41. The Hall–Kier alpha value is -0.900. The van der Waals surface area contributed by atoms with E-state index >= 15 is 0 Å². The maximum absolute atomic E-state index is 9.04. The number of nitrogens with one attached hydrogen (secondary N) is 1. The number of rotatable bonds is 7. The summed E-state index contributed by atoms with van der Waals surface area (Å²) in [6.07, 6.45) is 5.59. The second kappa shape index (κ2) is 6.04. The van der Waals surface area contributed by atoms with E-state index in [2.05, 4.69) is 11.4 Å². The van der Waals surface area contributed by atoms with Gasteiger partial charge in [-0.2, -0.15) is 5.26 Å². The van der Waals surface area contributed by atoms with Crippen molar-refractivity contribution >= 4 is 33.8 Å². The monoisotopic (exact) mass is 297 g/mol. The lowest BCUT2D eigenvalue weighted by atomic mass is 10.0. The third-order valence-electron chi connectivity index (χ3n) is 3.62. The number of hydrogen-bond donors (Lipinski definition) is 2. The van der Waals surface area contributed by atoms with Gasteiger partial charge in [0.2, 0.25) is 0 Å². The van der Waals surface area contributed by atoms with Crippen LogP contribution in [-0.2, 0) is 4.74 Å². The molecule has 0 unspecified atom stereocenters. The first kappa shape index (κ1) is 14.5. The van der Waals surface area contributed by atoms with Crippen molar-refractivity contribution < 1.29 is 4.74 Å². The van der Waals surface area contributed by atoms with E-state index in [9.17, 15) is 0 Å². The molecule has 0 radical (unpaired) electrons. The lowest BCUT2D eigenvalue weighted by Crippen LogP contribution is -2.17. The second-order valence-corrected chi connectivity index (χ2v) is 6.75. The van der Waals surface area contributed by atoms with Crippen molar-refractivity contribution in [2.24, 2.45) is 5.41 Å². The maximum Gasteiger partial charge on any atom is 0.131 e. The lowest BCUT2D eigenvalue weighted by Gasteiger charge is -2.16. The first-order valence-corrected chi connectivity index (χ1v) is 8.29. The van der Waals surface area contributed by atoms with Crippen LogP contribution in [0.2, 0.25) is 0 Å². The number of nitrogen functional groups attached to an aromatic ring is 1. The van der Waals surface area contributed by atoms with Crippen molar-refractivity contribution in [1.82, 2.24) is 0 Å². The molecule has 6 heteroatoms. The van der Waals surface area contributed by atoms with Crippen molar-refractivity contribution in [3.05, 3.63) is 4.88 Å². The average Bonchev–Trinajstić information content (AvgIpc) is 3.13. The third-order valence-corrected chi connectivity index (χ3v) is 5.65. The number of nitriles is 1. The fourth-order valence-corrected chi connectivity index (χ4v) is 3.94. The third kappa shape index (κ3) is 3.16. The molecule has 1 heterocycles. The molecular formula is C13H19N3OS2. The minimum Gasteiger partial charge on any atom is -0.396 e. The number of thioether (sulfide) groups is 1. The Bertz CT molecular complexity index is 489. The summed E-state index contributed by atoms with van der Waals surface area (Å²) in [5, 5.41) is 13.6. The van der Waals surface area contributed by atoms with Crippen molar-refractivity contribution in [2.75, 3.05) is 37.6 Å². The van der Waals surface area contributed by atoms with Crippen molar-refractivity contribution in [3.8, 4) is 6.07 Å². The Morgan fingerprint density at radius 1 is 1.58 bits per heavy atom. The molecule has 3 N–H and O–H groups in total. The molecule has 1 aliphatic rings. The second-order valence-electron chi connectivity index (χ2n) is 4.92. The predicted molar refractivity (Wildman–Crippen MR) is 81.9 cm³/mol. The summed E-state index contributed by atoms with van der Waals surface area (Å²) < 4.78 is 5.16. The highest BCUT2D eigenvalue weighted by atomic mass is 32.2. The Morgan fingerprint density at radius 3 is 2.84 bits per heavy atom. The zero-order chi connectivity index (χ0) is 13.9. The van der Waals surface area contributed by atoms with Crippen LogP contribution in [0.3, 0.4) is 0 Å². The molecule has 104 valence electrons. The summed E-state index contributed by atoms with van der Waals surface area (Å²) in [6, 6.07) is 2.16. The molecule has 0 atom stereocenters. The van der Waals surface area contributed by atoms with Gasteiger partial charge in [0.15, 0.2) is 0 Å². The quantitative estimate of drug-likeness (QED) is 0.756. The summed E-state index contributed by atoms with van der Waals surface area (Å²) in [5.74, 6) is 0. The molecule has 1 saturated carbocycles. The molecule has 2 rings (SSSR count). The van der Waals surface area contributed by atoms with Gasteiger partial charge in [0.05, 0.1) is 10.6 Å². The molecule has 0 saturated heterocycles. The summed E-state index contributed by atoms with van der Waals surface area (Å²) >= 11 is 3.05. The number of ether oxygens (including phenoxy) is 1. The Kier molecular flexibility index (Phi) is 4.61. The van der Waals surface area contributed by atoms with Crippen LogP contribution in [0.15, 0.2) is 4.90 Å². The molecule has 1 aromatic heterocycles. The molecule has 1 aliphatic carbocycles. The van der Waals surface area contributed by atoms with Crippen LogP contribution >= 0.6 is 23.1 Å². The fraction of sp³-hybridized carbons (Fsp3) is 0.615. The molecule has 0 aliphatic heterocycles. The first-order chi connectivity index (χ1) is 9.15. The van der Waals surface area contributed by atoms with E-state index in [4.69, 9.17) is 15.7 Å². The van der Waals surface area contributed by atoms with Crippen LogP contribution in [-0.4, -0.2) is 26.5 Å². The zero-order valence-electron chi connectivity index (χ0n) is 11.3. The van der Waals surface area contributed by atoms with E-state index in [-0.39, 0.29) is 0 Å². The average molecular weight is 297 g/mol. The summed E-state index contributed by atoms with van der Waals surface area (Å²) in [5.41, 5.74) is 6.97. The smallest absolute Gasteiger partial charge is 0.131 e. The van der Waals surface area contributed by atoms with E-state index in [0.29, 0.717) is 16.0 Å². The number of nitrogens with zero attached hydrogens (tertiary/aromatic N) is 1. The van der Waals surface area contributed by atoms with Gasteiger partial charge in [-0.25, -0.2) is 0 Å². The number of anilines is 2. The van der Waals surface area contributed by atoms with Crippen LogP contribution in [0.5, 0.6) is 0 Å². The van der Waals surface area contributed by atoms with Gasteiger partial charge in [-0.3, -0.25) is 0 Å².